The maximum Gasteiger partial charge on any atom is 0.264 e. The highest BCUT2D eigenvalue weighted by molar-refractivity contribution is 7.85. The number of hydrogen-bond acceptors (Lipinski definition) is 5. The third-order valence-electron chi connectivity index (χ3n) is 6.19. The van der Waals surface area contributed by atoms with Crippen molar-refractivity contribution in [2.24, 2.45) is 11.8 Å². The Morgan fingerprint density at radius 2 is 1.91 bits per heavy atom. The van der Waals surface area contributed by atoms with Crippen LogP contribution in [0.5, 0.6) is 0 Å². The predicted molar refractivity (Wildman–Crippen MR) is 128 cm³/mol. The SMILES string of the molecule is CC(CCCO)C1CCCc2c(C#CCCCCCCCOS(C)(=O)=O)cccc2C1=O. The van der Waals surface area contributed by atoms with Gasteiger partial charge >= 0.3 is 0 Å². The lowest BCUT2D eigenvalue weighted by atomic mass is 9.82. The van der Waals surface area contributed by atoms with Crippen LogP contribution in [0.2, 0.25) is 0 Å². The summed E-state index contributed by atoms with van der Waals surface area (Å²) >= 11 is 0. The van der Waals surface area contributed by atoms with Gasteiger partial charge in [-0.3, -0.25) is 8.98 Å². The predicted octanol–water partition coefficient (Wildman–Crippen LogP) is 4.90. The molecule has 1 N–H and O–H groups in total. The van der Waals surface area contributed by atoms with Crippen molar-refractivity contribution in [3.05, 3.63) is 34.9 Å². The first-order chi connectivity index (χ1) is 15.3. The minimum Gasteiger partial charge on any atom is -0.396 e. The summed E-state index contributed by atoms with van der Waals surface area (Å²) in [5.74, 6) is 7.15. The Kier molecular flexibility index (Phi) is 11.4. The number of unbranched alkanes of at least 4 members (excludes halogenated alkanes) is 5. The van der Waals surface area contributed by atoms with Crippen LogP contribution in [0.15, 0.2) is 18.2 Å². The van der Waals surface area contributed by atoms with Crippen LogP contribution in [0.3, 0.4) is 0 Å². The van der Waals surface area contributed by atoms with Crippen LogP contribution < -0.4 is 0 Å². The summed E-state index contributed by atoms with van der Waals surface area (Å²) in [5.41, 5.74) is 2.93. The molecule has 0 bridgehead atoms. The second-order valence-corrected chi connectivity index (χ2v) is 10.5. The molecule has 0 amide bonds. The third kappa shape index (κ3) is 9.05. The van der Waals surface area contributed by atoms with Crippen molar-refractivity contribution in [3.63, 3.8) is 0 Å². The molecule has 6 heteroatoms. The van der Waals surface area contributed by atoms with Crippen LogP contribution in [-0.4, -0.2) is 38.8 Å². The minimum atomic E-state index is -3.33. The van der Waals surface area contributed by atoms with E-state index in [1.807, 2.05) is 18.2 Å². The fourth-order valence-corrected chi connectivity index (χ4v) is 4.83. The molecule has 1 aliphatic carbocycles. The molecule has 0 aromatic heterocycles. The highest BCUT2D eigenvalue weighted by Crippen LogP contribution is 2.32. The summed E-state index contributed by atoms with van der Waals surface area (Å²) < 4.78 is 26.5. The van der Waals surface area contributed by atoms with Crippen molar-refractivity contribution in [3.8, 4) is 11.8 Å². The molecular weight excluding hydrogens is 424 g/mol. The van der Waals surface area contributed by atoms with Gasteiger partial charge in [-0.05, 0) is 62.5 Å². The number of hydrogen-bond donors (Lipinski definition) is 1. The van der Waals surface area contributed by atoms with Crippen molar-refractivity contribution < 1.29 is 22.5 Å². The van der Waals surface area contributed by atoms with Crippen molar-refractivity contribution in [2.45, 2.75) is 77.6 Å². The van der Waals surface area contributed by atoms with Gasteiger partial charge in [-0.15, -0.1) is 0 Å². The zero-order valence-electron chi connectivity index (χ0n) is 19.6. The molecule has 1 aromatic rings. The molecule has 32 heavy (non-hydrogen) atoms. The third-order valence-corrected chi connectivity index (χ3v) is 6.79. The van der Waals surface area contributed by atoms with Gasteiger partial charge in [0.25, 0.3) is 10.1 Å². The molecule has 1 aromatic carbocycles. The van der Waals surface area contributed by atoms with E-state index in [1.54, 1.807) is 0 Å². The van der Waals surface area contributed by atoms with E-state index in [2.05, 4.69) is 18.8 Å². The molecule has 0 aliphatic heterocycles. The van der Waals surface area contributed by atoms with Gasteiger partial charge in [0, 0.05) is 30.1 Å². The van der Waals surface area contributed by atoms with Gasteiger partial charge in [0.1, 0.15) is 0 Å². The van der Waals surface area contributed by atoms with Crippen LogP contribution in [0.1, 0.15) is 92.6 Å². The number of Topliss-reactive ketones (excluding diaryl/α,β-unsaturated/α-hetero) is 1. The molecular formula is C26H38O5S. The van der Waals surface area contributed by atoms with E-state index in [1.165, 1.54) is 0 Å². The lowest BCUT2D eigenvalue weighted by molar-refractivity contribution is 0.0863. The van der Waals surface area contributed by atoms with Crippen LogP contribution in [0.25, 0.3) is 0 Å². The summed E-state index contributed by atoms with van der Waals surface area (Å²) in [6.07, 6.45) is 11.1. The fraction of sp³-hybridized carbons (Fsp3) is 0.654. The largest absolute Gasteiger partial charge is 0.396 e. The number of rotatable bonds is 12. The highest BCUT2D eigenvalue weighted by atomic mass is 32.2. The average molecular weight is 463 g/mol. The number of aliphatic hydroxyl groups is 1. The van der Waals surface area contributed by atoms with Gasteiger partial charge in [0.05, 0.1) is 12.9 Å². The summed E-state index contributed by atoms with van der Waals surface area (Å²) in [7, 11) is -3.33. The van der Waals surface area contributed by atoms with Gasteiger partial charge in [-0.25, -0.2) is 0 Å². The van der Waals surface area contributed by atoms with E-state index in [-0.39, 0.29) is 30.8 Å². The van der Waals surface area contributed by atoms with Gasteiger partial charge in [-0.2, -0.15) is 8.42 Å². The Balaban J connectivity index is 1.85. The van der Waals surface area contributed by atoms with Crippen LogP contribution in [0.4, 0.5) is 0 Å². The van der Waals surface area contributed by atoms with E-state index in [9.17, 15) is 13.2 Å². The van der Waals surface area contributed by atoms with Crippen molar-refractivity contribution in [1.29, 1.82) is 0 Å². The Morgan fingerprint density at radius 3 is 2.66 bits per heavy atom. The van der Waals surface area contributed by atoms with Crippen LogP contribution >= 0.6 is 0 Å². The summed E-state index contributed by atoms with van der Waals surface area (Å²) in [5, 5.41) is 9.12. The van der Waals surface area contributed by atoms with Crippen LogP contribution in [-0.2, 0) is 20.7 Å². The van der Waals surface area contributed by atoms with E-state index in [0.29, 0.717) is 0 Å². The number of fused-ring (bicyclic) bond motifs is 1. The highest BCUT2D eigenvalue weighted by Gasteiger charge is 2.30. The Hall–Kier alpha value is -1.68. The maximum atomic E-state index is 13.2. The molecule has 178 valence electrons. The molecule has 0 heterocycles. The number of ketones is 1. The molecule has 1 aliphatic rings. The zero-order chi connectivity index (χ0) is 23.4. The monoisotopic (exact) mass is 462 g/mol. The molecule has 0 saturated carbocycles. The molecule has 0 saturated heterocycles. The van der Waals surface area contributed by atoms with Crippen molar-refractivity contribution in [1.82, 2.24) is 0 Å². The van der Waals surface area contributed by atoms with Gasteiger partial charge in [0.15, 0.2) is 5.78 Å². The number of benzene rings is 1. The lowest BCUT2D eigenvalue weighted by Crippen LogP contribution is -2.22. The Bertz CT molecular complexity index is 895. The number of aliphatic hydroxyl groups excluding tert-OH is 1. The molecule has 2 rings (SSSR count). The van der Waals surface area contributed by atoms with E-state index in [4.69, 9.17) is 9.29 Å². The molecule has 5 nitrogen and oxygen atoms in total. The van der Waals surface area contributed by atoms with E-state index < -0.39 is 10.1 Å². The molecule has 0 spiro atoms. The first-order valence-electron chi connectivity index (χ1n) is 11.9. The Morgan fingerprint density at radius 1 is 1.16 bits per heavy atom. The maximum absolute atomic E-state index is 13.2. The van der Waals surface area contributed by atoms with Gasteiger partial charge < -0.3 is 5.11 Å². The number of carbonyl (C=O) groups excluding carboxylic acids is 1. The normalized spacial score (nSPS) is 17.2. The van der Waals surface area contributed by atoms with Crippen LogP contribution in [0, 0.1) is 23.7 Å². The topological polar surface area (TPSA) is 80.7 Å². The second-order valence-electron chi connectivity index (χ2n) is 8.88. The second kappa shape index (κ2) is 13.8. The zero-order valence-corrected chi connectivity index (χ0v) is 20.4. The summed E-state index contributed by atoms with van der Waals surface area (Å²) in [6, 6.07) is 5.92. The summed E-state index contributed by atoms with van der Waals surface area (Å²) in [4.78, 5) is 13.2. The molecule has 0 fully saturated rings. The molecule has 2 atom stereocenters. The Labute approximate surface area is 194 Å². The van der Waals surface area contributed by atoms with Gasteiger partial charge in [0.2, 0.25) is 0 Å². The van der Waals surface area contributed by atoms with Crippen molar-refractivity contribution >= 4 is 15.9 Å². The number of carbonyl (C=O) groups is 1. The minimum absolute atomic E-state index is 0.0360. The molecule has 0 radical (unpaired) electrons. The lowest BCUT2D eigenvalue weighted by Gasteiger charge is -2.21. The first kappa shape index (κ1) is 26.6. The molecule has 2 unspecified atom stereocenters. The fourth-order valence-electron chi connectivity index (χ4n) is 4.40. The average Bonchev–Trinajstić information content (AvgIpc) is 2.92. The smallest absolute Gasteiger partial charge is 0.264 e. The standard InChI is InChI=1S/C26H38O5S/c1-21(13-12-19-27)23-16-11-17-24-22(15-10-18-25(24)26(23)28)14-8-6-4-3-5-7-9-20-31-32(2,29)30/h10,15,18,21,23,27H,3-7,9,11-13,16-17,19-20H2,1-2H3. The van der Waals surface area contributed by atoms with Gasteiger partial charge in [-0.1, -0.05) is 50.2 Å². The van der Waals surface area contributed by atoms with Crippen molar-refractivity contribution in [2.75, 3.05) is 19.5 Å². The first-order valence-corrected chi connectivity index (χ1v) is 13.8. The van der Waals surface area contributed by atoms with E-state index >= 15 is 0 Å². The summed E-state index contributed by atoms with van der Waals surface area (Å²) in [6.45, 7) is 2.57. The quantitative estimate of drug-likeness (QED) is 0.207. The van der Waals surface area contributed by atoms with E-state index in [0.717, 1.165) is 93.6 Å².